The van der Waals surface area contributed by atoms with Gasteiger partial charge in [0.15, 0.2) is 11.6 Å². The number of carbonyl (C=O) groups excluding carboxylic acids is 1. The zero-order valence-electron chi connectivity index (χ0n) is 12.8. The van der Waals surface area contributed by atoms with Gasteiger partial charge >= 0.3 is 0 Å². The highest BCUT2D eigenvalue weighted by Gasteiger charge is 2.22. The molecule has 0 bridgehead atoms. The number of para-hydroxylation sites is 1. The molecule has 1 aliphatic rings. The average molecular weight is 319 g/mol. The minimum Gasteiger partial charge on any atom is -0.454 e. The molecule has 24 heavy (non-hydrogen) atoms. The SMILES string of the molecule is O=C1NCc2c1cccc2-c1ccc(Oc2ccccc2)c(F)c1. The summed E-state index contributed by atoms with van der Waals surface area (Å²) >= 11 is 0. The van der Waals surface area contributed by atoms with Gasteiger partial charge in [-0.25, -0.2) is 4.39 Å². The molecule has 0 spiro atoms. The van der Waals surface area contributed by atoms with Crippen molar-refractivity contribution in [3.63, 3.8) is 0 Å². The van der Waals surface area contributed by atoms with Crippen LogP contribution in [0.3, 0.4) is 0 Å². The normalized spacial score (nSPS) is 12.6. The molecule has 3 aromatic rings. The lowest BCUT2D eigenvalue weighted by atomic mass is 9.97. The summed E-state index contributed by atoms with van der Waals surface area (Å²) in [4.78, 5) is 11.8. The number of carbonyl (C=O) groups is 1. The third kappa shape index (κ3) is 2.52. The van der Waals surface area contributed by atoms with E-state index in [1.807, 2.05) is 30.3 Å². The van der Waals surface area contributed by atoms with Gasteiger partial charge in [0, 0.05) is 12.1 Å². The van der Waals surface area contributed by atoms with Crippen molar-refractivity contribution in [2.45, 2.75) is 6.54 Å². The summed E-state index contributed by atoms with van der Waals surface area (Å²) in [6, 6.07) is 19.4. The van der Waals surface area contributed by atoms with Gasteiger partial charge in [-0.1, -0.05) is 36.4 Å². The Bertz CT molecular complexity index is 922. The molecule has 4 rings (SSSR count). The van der Waals surface area contributed by atoms with Gasteiger partial charge < -0.3 is 10.1 Å². The highest BCUT2D eigenvalue weighted by atomic mass is 19.1. The molecule has 3 nitrogen and oxygen atoms in total. The maximum absolute atomic E-state index is 14.4. The molecular formula is C20H14FNO2. The van der Waals surface area contributed by atoms with Crippen LogP contribution in [0.2, 0.25) is 0 Å². The van der Waals surface area contributed by atoms with Crippen LogP contribution in [0.15, 0.2) is 66.7 Å². The second kappa shape index (κ2) is 5.81. The fourth-order valence-corrected chi connectivity index (χ4v) is 2.89. The molecule has 3 aromatic carbocycles. The molecular weight excluding hydrogens is 305 g/mol. The summed E-state index contributed by atoms with van der Waals surface area (Å²) in [6.45, 7) is 0.466. The van der Waals surface area contributed by atoms with E-state index in [9.17, 15) is 9.18 Å². The zero-order chi connectivity index (χ0) is 16.5. The van der Waals surface area contributed by atoms with Crippen LogP contribution < -0.4 is 10.1 Å². The number of hydrogen-bond donors (Lipinski definition) is 1. The Balaban J connectivity index is 1.69. The van der Waals surface area contributed by atoms with Gasteiger partial charge in [0.2, 0.25) is 0 Å². The van der Waals surface area contributed by atoms with Crippen LogP contribution in [0.1, 0.15) is 15.9 Å². The van der Waals surface area contributed by atoms with E-state index in [1.54, 1.807) is 30.3 Å². The van der Waals surface area contributed by atoms with E-state index in [0.717, 1.165) is 16.7 Å². The fraction of sp³-hybridized carbons (Fsp3) is 0.0500. The Morgan fingerprint density at radius 1 is 0.917 bits per heavy atom. The number of amides is 1. The van der Waals surface area contributed by atoms with Crippen molar-refractivity contribution in [1.82, 2.24) is 5.32 Å². The second-order valence-corrected chi connectivity index (χ2v) is 5.57. The number of halogens is 1. The molecule has 4 heteroatoms. The van der Waals surface area contributed by atoms with E-state index in [-0.39, 0.29) is 11.7 Å². The highest BCUT2D eigenvalue weighted by Crippen LogP contribution is 2.33. The number of rotatable bonds is 3. The van der Waals surface area contributed by atoms with Crippen LogP contribution in [-0.2, 0) is 6.54 Å². The number of nitrogens with one attached hydrogen (secondary N) is 1. The maximum atomic E-state index is 14.4. The van der Waals surface area contributed by atoms with Gasteiger partial charge in [0.05, 0.1) is 0 Å². The summed E-state index contributed by atoms with van der Waals surface area (Å²) in [7, 11) is 0. The van der Waals surface area contributed by atoms with Crippen molar-refractivity contribution in [3.05, 3.63) is 83.7 Å². The van der Waals surface area contributed by atoms with Crippen molar-refractivity contribution in [3.8, 4) is 22.6 Å². The molecule has 0 aromatic heterocycles. The molecule has 1 N–H and O–H groups in total. The summed E-state index contributed by atoms with van der Waals surface area (Å²) in [5.41, 5.74) is 3.13. The fourth-order valence-electron chi connectivity index (χ4n) is 2.89. The number of hydrogen-bond acceptors (Lipinski definition) is 2. The van der Waals surface area contributed by atoms with Gasteiger partial charge in [0.25, 0.3) is 5.91 Å². The van der Waals surface area contributed by atoms with Crippen molar-refractivity contribution in [2.24, 2.45) is 0 Å². The molecule has 0 saturated heterocycles. The van der Waals surface area contributed by atoms with Crippen molar-refractivity contribution < 1.29 is 13.9 Å². The molecule has 0 aliphatic carbocycles. The standard InChI is InChI=1S/C20H14FNO2/c21-18-11-13(9-10-19(18)24-14-5-2-1-3-6-14)15-7-4-8-16-17(15)12-22-20(16)23/h1-11H,12H2,(H,22,23). The average Bonchev–Trinajstić information content (AvgIpc) is 2.99. The van der Waals surface area contributed by atoms with Gasteiger partial charge in [-0.2, -0.15) is 0 Å². The Labute approximate surface area is 138 Å². The van der Waals surface area contributed by atoms with Crippen molar-refractivity contribution in [2.75, 3.05) is 0 Å². The molecule has 118 valence electrons. The molecule has 1 amide bonds. The van der Waals surface area contributed by atoms with E-state index in [1.165, 1.54) is 6.07 Å². The predicted octanol–water partition coefficient (Wildman–Crippen LogP) is 4.53. The summed E-state index contributed by atoms with van der Waals surface area (Å²) < 4.78 is 20.0. The van der Waals surface area contributed by atoms with Crippen LogP contribution in [0.5, 0.6) is 11.5 Å². The van der Waals surface area contributed by atoms with E-state index in [0.29, 0.717) is 17.9 Å². The van der Waals surface area contributed by atoms with Crippen LogP contribution in [0.4, 0.5) is 4.39 Å². The number of ether oxygens (including phenoxy) is 1. The highest BCUT2D eigenvalue weighted by molar-refractivity contribution is 6.00. The molecule has 0 saturated carbocycles. The Kier molecular flexibility index (Phi) is 3.50. The van der Waals surface area contributed by atoms with E-state index >= 15 is 0 Å². The number of benzene rings is 3. The minimum absolute atomic E-state index is 0.0867. The molecule has 0 fully saturated rings. The second-order valence-electron chi connectivity index (χ2n) is 5.57. The predicted molar refractivity (Wildman–Crippen MR) is 89.5 cm³/mol. The Morgan fingerprint density at radius 3 is 2.50 bits per heavy atom. The molecule has 0 unspecified atom stereocenters. The summed E-state index contributed by atoms with van der Waals surface area (Å²) in [6.07, 6.45) is 0. The van der Waals surface area contributed by atoms with Crippen LogP contribution in [0.25, 0.3) is 11.1 Å². The van der Waals surface area contributed by atoms with Crippen LogP contribution in [0, 0.1) is 5.82 Å². The van der Waals surface area contributed by atoms with E-state index in [4.69, 9.17) is 4.74 Å². The molecule has 0 radical (unpaired) electrons. The van der Waals surface area contributed by atoms with Crippen LogP contribution in [-0.4, -0.2) is 5.91 Å². The molecule has 0 atom stereocenters. The van der Waals surface area contributed by atoms with Crippen molar-refractivity contribution in [1.29, 1.82) is 0 Å². The lowest BCUT2D eigenvalue weighted by Gasteiger charge is -2.10. The lowest BCUT2D eigenvalue weighted by Crippen LogP contribution is -2.12. The zero-order valence-corrected chi connectivity index (χ0v) is 12.8. The lowest BCUT2D eigenvalue weighted by molar-refractivity contribution is 0.0966. The quantitative estimate of drug-likeness (QED) is 0.770. The first-order chi connectivity index (χ1) is 11.7. The smallest absolute Gasteiger partial charge is 0.251 e. The first-order valence-corrected chi connectivity index (χ1v) is 7.65. The topological polar surface area (TPSA) is 38.3 Å². The van der Waals surface area contributed by atoms with E-state index in [2.05, 4.69) is 5.32 Å². The third-order valence-electron chi connectivity index (χ3n) is 4.06. The van der Waals surface area contributed by atoms with Gasteiger partial charge in [-0.15, -0.1) is 0 Å². The first-order valence-electron chi connectivity index (χ1n) is 7.65. The Hall–Kier alpha value is -3.14. The van der Waals surface area contributed by atoms with Crippen molar-refractivity contribution >= 4 is 5.91 Å². The third-order valence-corrected chi connectivity index (χ3v) is 4.06. The maximum Gasteiger partial charge on any atom is 0.251 e. The summed E-state index contributed by atoms with van der Waals surface area (Å²) in [5, 5.41) is 2.80. The number of fused-ring (bicyclic) bond motifs is 1. The summed E-state index contributed by atoms with van der Waals surface area (Å²) in [5.74, 6) is 0.230. The minimum atomic E-state index is -0.439. The Morgan fingerprint density at radius 2 is 1.71 bits per heavy atom. The molecule has 1 heterocycles. The largest absolute Gasteiger partial charge is 0.454 e. The van der Waals surface area contributed by atoms with Gasteiger partial charge in [-0.3, -0.25) is 4.79 Å². The first kappa shape index (κ1) is 14.5. The monoisotopic (exact) mass is 319 g/mol. The molecule has 1 aliphatic heterocycles. The van der Waals surface area contributed by atoms with E-state index < -0.39 is 5.82 Å². The van der Waals surface area contributed by atoms with Gasteiger partial charge in [-0.05, 0) is 47.0 Å². The van der Waals surface area contributed by atoms with Gasteiger partial charge in [0.1, 0.15) is 5.75 Å². The van der Waals surface area contributed by atoms with Crippen LogP contribution >= 0.6 is 0 Å².